The van der Waals surface area contributed by atoms with Gasteiger partial charge in [0.1, 0.15) is 6.10 Å². The van der Waals surface area contributed by atoms with Crippen LogP contribution in [-0.4, -0.2) is 48.1 Å². The average molecular weight is 338 g/mol. The van der Waals surface area contributed by atoms with Crippen molar-refractivity contribution in [1.82, 2.24) is 15.1 Å². The second kappa shape index (κ2) is 5.67. The Morgan fingerprint density at radius 1 is 1.22 bits per heavy atom. The predicted octanol–water partition coefficient (Wildman–Crippen LogP) is 2.51. The molecule has 2 aromatic rings. The molecule has 2 aliphatic heterocycles. The molecule has 1 aromatic carbocycles. The molecule has 8 heteroatoms. The molecule has 0 aliphatic carbocycles. The van der Waals surface area contributed by atoms with Gasteiger partial charge in [-0.1, -0.05) is 11.6 Å². The molecule has 2 atom stereocenters. The zero-order valence-electron chi connectivity index (χ0n) is 12.8. The first-order valence-electron chi connectivity index (χ1n) is 7.37. The molecular formula is C15H16ClN3O4. The van der Waals surface area contributed by atoms with Crippen LogP contribution >= 0.6 is 11.6 Å². The third kappa shape index (κ3) is 2.75. The summed E-state index contributed by atoms with van der Waals surface area (Å²) in [5, 5.41) is 8.69. The van der Waals surface area contributed by atoms with E-state index in [0.29, 0.717) is 40.4 Å². The largest absolute Gasteiger partial charge is 0.454 e. The highest BCUT2D eigenvalue weighted by atomic mass is 35.5. The van der Waals surface area contributed by atoms with Crippen LogP contribution in [0.15, 0.2) is 16.5 Å². The number of hydrogen-bond donors (Lipinski definition) is 0. The van der Waals surface area contributed by atoms with Crippen molar-refractivity contribution in [1.29, 1.82) is 0 Å². The Balaban J connectivity index is 1.62. The molecule has 23 heavy (non-hydrogen) atoms. The molecule has 2 aliphatic rings. The van der Waals surface area contributed by atoms with Gasteiger partial charge in [0.2, 0.25) is 18.6 Å². The smallest absolute Gasteiger partial charge is 0.248 e. The molecule has 0 bridgehead atoms. The van der Waals surface area contributed by atoms with Gasteiger partial charge in [-0.15, -0.1) is 10.2 Å². The Labute approximate surface area is 138 Å². The lowest BCUT2D eigenvalue weighted by Gasteiger charge is -2.32. The van der Waals surface area contributed by atoms with Crippen LogP contribution in [0.2, 0.25) is 5.02 Å². The van der Waals surface area contributed by atoms with Gasteiger partial charge in [-0.05, 0) is 26.1 Å². The molecular weight excluding hydrogens is 322 g/mol. The van der Waals surface area contributed by atoms with E-state index in [1.807, 2.05) is 14.0 Å². The van der Waals surface area contributed by atoms with Gasteiger partial charge in [0.25, 0.3) is 0 Å². The van der Waals surface area contributed by atoms with E-state index < -0.39 is 0 Å². The van der Waals surface area contributed by atoms with E-state index in [0.717, 1.165) is 6.54 Å². The second-order valence-corrected chi connectivity index (χ2v) is 6.20. The zero-order valence-corrected chi connectivity index (χ0v) is 13.5. The number of hydrogen-bond acceptors (Lipinski definition) is 7. The van der Waals surface area contributed by atoms with Crippen LogP contribution in [-0.2, 0) is 4.74 Å². The molecule has 1 fully saturated rings. The molecule has 0 spiro atoms. The Morgan fingerprint density at radius 2 is 2.09 bits per heavy atom. The molecule has 0 N–H and O–H groups in total. The van der Waals surface area contributed by atoms with Gasteiger partial charge < -0.3 is 23.5 Å². The lowest BCUT2D eigenvalue weighted by atomic mass is 10.2. The van der Waals surface area contributed by atoms with E-state index in [2.05, 4.69) is 15.1 Å². The monoisotopic (exact) mass is 337 g/mol. The highest BCUT2D eigenvalue weighted by molar-refractivity contribution is 6.32. The minimum Gasteiger partial charge on any atom is -0.454 e. The van der Waals surface area contributed by atoms with Crippen molar-refractivity contribution in [3.05, 3.63) is 23.0 Å². The summed E-state index contributed by atoms with van der Waals surface area (Å²) in [5.74, 6) is 1.97. The number of rotatable bonds is 2. The minimum absolute atomic E-state index is 0.120. The third-order valence-electron chi connectivity index (χ3n) is 3.83. The molecule has 1 aromatic heterocycles. The fourth-order valence-electron chi connectivity index (χ4n) is 2.87. The van der Waals surface area contributed by atoms with Crippen LogP contribution in [0.3, 0.4) is 0 Å². The first-order valence-corrected chi connectivity index (χ1v) is 7.75. The van der Waals surface area contributed by atoms with Gasteiger partial charge in [0, 0.05) is 18.7 Å². The number of nitrogens with zero attached hydrogens (tertiary/aromatic N) is 3. The van der Waals surface area contributed by atoms with E-state index in [4.69, 9.17) is 30.2 Å². The minimum atomic E-state index is -0.227. The summed E-state index contributed by atoms with van der Waals surface area (Å²) in [5.41, 5.74) is 0.690. The highest BCUT2D eigenvalue weighted by Gasteiger charge is 2.29. The maximum atomic E-state index is 6.19. The number of ether oxygens (including phenoxy) is 3. The summed E-state index contributed by atoms with van der Waals surface area (Å²) in [6, 6.07) is 3.50. The normalized spacial score (nSPS) is 24.1. The van der Waals surface area contributed by atoms with E-state index in [-0.39, 0.29) is 19.0 Å². The van der Waals surface area contributed by atoms with E-state index >= 15 is 0 Å². The lowest BCUT2D eigenvalue weighted by Crippen LogP contribution is -2.40. The molecule has 0 unspecified atom stereocenters. The summed E-state index contributed by atoms with van der Waals surface area (Å²) in [6.45, 7) is 3.79. The van der Waals surface area contributed by atoms with E-state index in [1.54, 1.807) is 12.1 Å². The molecule has 0 saturated carbocycles. The quantitative estimate of drug-likeness (QED) is 0.833. The number of halogens is 1. The van der Waals surface area contributed by atoms with Gasteiger partial charge in [-0.25, -0.2) is 0 Å². The van der Waals surface area contributed by atoms with Crippen molar-refractivity contribution >= 4 is 11.6 Å². The summed E-state index contributed by atoms with van der Waals surface area (Å²) in [7, 11) is 2.04. The third-order valence-corrected chi connectivity index (χ3v) is 4.11. The van der Waals surface area contributed by atoms with Crippen LogP contribution < -0.4 is 9.47 Å². The number of benzene rings is 1. The predicted molar refractivity (Wildman–Crippen MR) is 81.7 cm³/mol. The van der Waals surface area contributed by atoms with Gasteiger partial charge >= 0.3 is 0 Å². The molecule has 4 rings (SSSR count). The number of likely N-dealkylation sites (N-methyl/N-ethyl adjacent to an activating group) is 1. The van der Waals surface area contributed by atoms with Crippen molar-refractivity contribution in [2.24, 2.45) is 0 Å². The molecule has 0 amide bonds. The SMILES string of the molecule is C[C@@H]1CN(C)C[C@H](c2nnc(-c3cc(Cl)c4c(c3)OCO4)o2)O1. The van der Waals surface area contributed by atoms with Crippen LogP contribution in [0.4, 0.5) is 0 Å². The molecule has 0 radical (unpaired) electrons. The first kappa shape index (κ1) is 14.7. The van der Waals surface area contributed by atoms with Gasteiger partial charge in [0.15, 0.2) is 11.5 Å². The summed E-state index contributed by atoms with van der Waals surface area (Å²) < 4.78 is 22.3. The van der Waals surface area contributed by atoms with Crippen molar-refractivity contribution in [2.45, 2.75) is 19.1 Å². The van der Waals surface area contributed by atoms with Crippen molar-refractivity contribution in [2.75, 3.05) is 26.9 Å². The van der Waals surface area contributed by atoms with Gasteiger partial charge in [0.05, 0.1) is 11.1 Å². The number of fused-ring (bicyclic) bond motifs is 1. The number of morpholine rings is 1. The Hall–Kier alpha value is -1.83. The maximum absolute atomic E-state index is 6.19. The second-order valence-electron chi connectivity index (χ2n) is 5.79. The Morgan fingerprint density at radius 3 is 2.91 bits per heavy atom. The Kier molecular flexibility index (Phi) is 3.63. The molecule has 3 heterocycles. The average Bonchev–Trinajstić information content (AvgIpc) is 3.15. The lowest BCUT2D eigenvalue weighted by molar-refractivity contribution is -0.0821. The molecule has 7 nitrogen and oxygen atoms in total. The fourth-order valence-corrected chi connectivity index (χ4v) is 3.14. The fraction of sp³-hybridized carbons (Fsp3) is 0.467. The standard InChI is InChI=1S/C15H16ClN3O4/c1-8-5-19(2)6-12(22-8)15-18-17-14(23-15)9-3-10(16)13-11(4-9)20-7-21-13/h3-4,8,12H,5-7H2,1-2H3/t8-,12-/m1/s1. The van der Waals surface area contributed by atoms with E-state index in [1.165, 1.54) is 0 Å². The number of aromatic nitrogens is 2. The van der Waals surface area contributed by atoms with Crippen molar-refractivity contribution in [3.8, 4) is 23.0 Å². The van der Waals surface area contributed by atoms with Crippen molar-refractivity contribution in [3.63, 3.8) is 0 Å². The van der Waals surface area contributed by atoms with Crippen LogP contribution in [0, 0.1) is 0 Å². The summed E-state index contributed by atoms with van der Waals surface area (Å²) in [4.78, 5) is 2.18. The van der Waals surface area contributed by atoms with Gasteiger partial charge in [-0.2, -0.15) is 0 Å². The summed E-state index contributed by atoms with van der Waals surface area (Å²) >= 11 is 6.19. The Bertz CT molecular complexity index is 726. The van der Waals surface area contributed by atoms with E-state index in [9.17, 15) is 0 Å². The first-order chi connectivity index (χ1) is 11.1. The van der Waals surface area contributed by atoms with Gasteiger partial charge in [-0.3, -0.25) is 0 Å². The summed E-state index contributed by atoms with van der Waals surface area (Å²) in [6.07, 6.45) is -0.108. The van der Waals surface area contributed by atoms with Crippen molar-refractivity contribution < 1.29 is 18.6 Å². The highest BCUT2D eigenvalue weighted by Crippen LogP contribution is 2.42. The molecule has 122 valence electrons. The van der Waals surface area contributed by atoms with Crippen LogP contribution in [0.1, 0.15) is 18.9 Å². The topological polar surface area (TPSA) is 69.9 Å². The van der Waals surface area contributed by atoms with Crippen LogP contribution in [0.25, 0.3) is 11.5 Å². The molecule has 1 saturated heterocycles. The maximum Gasteiger partial charge on any atom is 0.248 e. The van der Waals surface area contributed by atoms with Crippen LogP contribution in [0.5, 0.6) is 11.5 Å². The zero-order chi connectivity index (χ0) is 16.0.